The summed E-state index contributed by atoms with van der Waals surface area (Å²) in [4.78, 5) is 5.72. The smallest absolute Gasteiger partial charge is 0.311 e. The van der Waals surface area contributed by atoms with Crippen molar-refractivity contribution >= 4 is 23.7 Å². The van der Waals surface area contributed by atoms with E-state index in [9.17, 15) is 13.2 Å². The van der Waals surface area contributed by atoms with E-state index in [-0.39, 0.29) is 12.4 Å². The number of halogens is 4. The molecular weight excluding hydrogens is 309 g/mol. The van der Waals surface area contributed by atoms with E-state index in [1.54, 1.807) is 11.3 Å². The molecule has 2 aromatic rings. The highest BCUT2D eigenvalue weighted by molar-refractivity contribution is 7.15. The monoisotopic (exact) mass is 320 g/mol. The molecule has 0 spiro atoms. The van der Waals surface area contributed by atoms with Gasteiger partial charge in [0.1, 0.15) is 5.01 Å². The number of hydrogen-bond acceptors (Lipinski definition) is 3. The SMILES string of the molecule is Cl.FC(F)(F)c1ccc(-c2nc3c(s2)CCNC3)cc1. The molecule has 0 bridgehead atoms. The summed E-state index contributed by atoms with van der Waals surface area (Å²) >= 11 is 1.57. The number of rotatable bonds is 1. The Labute approximate surface area is 124 Å². The number of alkyl halides is 3. The van der Waals surface area contributed by atoms with Gasteiger partial charge in [0.15, 0.2) is 0 Å². The molecule has 1 aromatic carbocycles. The number of nitrogens with zero attached hydrogens (tertiary/aromatic N) is 1. The highest BCUT2D eigenvalue weighted by Crippen LogP contribution is 2.33. The fourth-order valence-corrected chi connectivity index (χ4v) is 3.13. The van der Waals surface area contributed by atoms with Gasteiger partial charge in [0.25, 0.3) is 0 Å². The molecule has 1 aromatic heterocycles. The number of fused-ring (bicyclic) bond motifs is 1. The average Bonchev–Trinajstić information content (AvgIpc) is 2.81. The fourth-order valence-electron chi connectivity index (χ4n) is 2.05. The lowest BCUT2D eigenvalue weighted by molar-refractivity contribution is -0.137. The molecule has 0 saturated carbocycles. The van der Waals surface area contributed by atoms with E-state index in [2.05, 4.69) is 10.3 Å². The maximum absolute atomic E-state index is 12.5. The number of aromatic nitrogens is 1. The van der Waals surface area contributed by atoms with Crippen molar-refractivity contribution in [1.29, 1.82) is 0 Å². The Morgan fingerprint density at radius 3 is 2.45 bits per heavy atom. The Balaban J connectivity index is 0.00000147. The molecule has 20 heavy (non-hydrogen) atoms. The van der Waals surface area contributed by atoms with Crippen molar-refractivity contribution in [1.82, 2.24) is 10.3 Å². The van der Waals surface area contributed by atoms with Crippen LogP contribution in [0.3, 0.4) is 0 Å². The molecule has 3 rings (SSSR count). The highest BCUT2D eigenvalue weighted by atomic mass is 35.5. The number of hydrogen-bond donors (Lipinski definition) is 1. The maximum atomic E-state index is 12.5. The third-order valence-corrected chi connectivity index (χ3v) is 4.27. The zero-order chi connectivity index (χ0) is 13.5. The molecule has 0 atom stereocenters. The molecule has 0 radical (unpaired) electrons. The first-order valence-corrected chi connectivity index (χ1v) is 6.72. The van der Waals surface area contributed by atoms with Gasteiger partial charge in [-0.05, 0) is 18.6 Å². The van der Waals surface area contributed by atoms with Gasteiger partial charge in [-0.15, -0.1) is 23.7 Å². The second-order valence-electron chi connectivity index (χ2n) is 4.39. The Hall–Kier alpha value is -1.11. The first-order valence-electron chi connectivity index (χ1n) is 5.91. The molecule has 0 amide bonds. The molecule has 2 nitrogen and oxygen atoms in total. The van der Waals surface area contributed by atoms with Crippen molar-refractivity contribution in [2.45, 2.75) is 19.1 Å². The summed E-state index contributed by atoms with van der Waals surface area (Å²) in [7, 11) is 0. The number of benzene rings is 1. The molecule has 1 N–H and O–H groups in total. The van der Waals surface area contributed by atoms with Crippen molar-refractivity contribution in [3.8, 4) is 10.6 Å². The summed E-state index contributed by atoms with van der Waals surface area (Å²) in [5, 5.41) is 4.02. The van der Waals surface area contributed by atoms with Crippen molar-refractivity contribution in [2.75, 3.05) is 6.54 Å². The van der Waals surface area contributed by atoms with Crippen molar-refractivity contribution in [3.05, 3.63) is 40.4 Å². The minimum Gasteiger partial charge on any atom is -0.311 e. The van der Waals surface area contributed by atoms with Crippen LogP contribution in [0.4, 0.5) is 13.2 Å². The van der Waals surface area contributed by atoms with Crippen LogP contribution in [0.25, 0.3) is 10.6 Å². The van der Waals surface area contributed by atoms with E-state index < -0.39 is 11.7 Å². The molecule has 0 fully saturated rings. The largest absolute Gasteiger partial charge is 0.416 e. The molecule has 7 heteroatoms. The number of nitrogens with one attached hydrogen (secondary N) is 1. The van der Waals surface area contributed by atoms with E-state index in [4.69, 9.17) is 0 Å². The van der Waals surface area contributed by atoms with Crippen molar-refractivity contribution in [2.24, 2.45) is 0 Å². The first-order chi connectivity index (χ1) is 9.04. The van der Waals surface area contributed by atoms with Crippen LogP contribution in [-0.4, -0.2) is 11.5 Å². The van der Waals surface area contributed by atoms with Gasteiger partial charge in [0.2, 0.25) is 0 Å². The zero-order valence-corrected chi connectivity index (χ0v) is 12.0. The van der Waals surface area contributed by atoms with Gasteiger partial charge in [-0.3, -0.25) is 0 Å². The second kappa shape index (κ2) is 5.71. The van der Waals surface area contributed by atoms with E-state index in [0.29, 0.717) is 0 Å². The van der Waals surface area contributed by atoms with Crippen LogP contribution in [-0.2, 0) is 19.1 Å². The average molecular weight is 321 g/mol. The third kappa shape index (κ3) is 2.97. The maximum Gasteiger partial charge on any atom is 0.416 e. The van der Waals surface area contributed by atoms with Crippen LogP contribution in [0, 0.1) is 0 Å². The Morgan fingerprint density at radius 2 is 1.85 bits per heavy atom. The molecule has 0 saturated heterocycles. The summed E-state index contributed by atoms with van der Waals surface area (Å²) < 4.78 is 37.5. The van der Waals surface area contributed by atoms with Gasteiger partial charge >= 0.3 is 6.18 Å². The molecule has 0 unspecified atom stereocenters. The predicted molar refractivity (Wildman–Crippen MR) is 75.2 cm³/mol. The van der Waals surface area contributed by atoms with E-state index >= 15 is 0 Å². The molecule has 0 aliphatic carbocycles. The fraction of sp³-hybridized carbons (Fsp3) is 0.308. The van der Waals surface area contributed by atoms with Crippen molar-refractivity contribution < 1.29 is 13.2 Å². The minimum atomic E-state index is -4.29. The van der Waals surface area contributed by atoms with Crippen LogP contribution in [0.2, 0.25) is 0 Å². The number of thiazole rings is 1. The Kier molecular flexibility index (Phi) is 4.36. The lowest BCUT2D eigenvalue weighted by Crippen LogP contribution is -2.22. The zero-order valence-electron chi connectivity index (χ0n) is 10.3. The summed E-state index contributed by atoms with van der Waals surface area (Å²) in [6, 6.07) is 5.18. The summed E-state index contributed by atoms with van der Waals surface area (Å²) in [5.41, 5.74) is 1.14. The van der Waals surface area contributed by atoms with Gasteiger partial charge in [-0.25, -0.2) is 4.98 Å². The van der Waals surface area contributed by atoms with Gasteiger partial charge in [0, 0.05) is 23.5 Å². The molecule has 1 aliphatic rings. The Bertz CT molecular complexity index is 569. The highest BCUT2D eigenvalue weighted by Gasteiger charge is 2.30. The molecule has 1 aliphatic heterocycles. The van der Waals surface area contributed by atoms with Crippen LogP contribution in [0.1, 0.15) is 16.1 Å². The Morgan fingerprint density at radius 1 is 1.15 bits per heavy atom. The molecule has 2 heterocycles. The minimum absolute atomic E-state index is 0. The topological polar surface area (TPSA) is 24.9 Å². The molecule has 108 valence electrons. The van der Waals surface area contributed by atoms with Crippen LogP contribution < -0.4 is 5.32 Å². The van der Waals surface area contributed by atoms with Gasteiger partial charge < -0.3 is 5.32 Å². The van der Waals surface area contributed by atoms with Crippen LogP contribution in [0.15, 0.2) is 24.3 Å². The van der Waals surface area contributed by atoms with E-state index in [1.807, 2.05) is 0 Å². The van der Waals surface area contributed by atoms with Crippen LogP contribution >= 0.6 is 23.7 Å². The summed E-state index contributed by atoms with van der Waals surface area (Å²) in [5.74, 6) is 0. The predicted octanol–water partition coefficient (Wildman–Crippen LogP) is 3.90. The third-order valence-electron chi connectivity index (χ3n) is 3.06. The van der Waals surface area contributed by atoms with E-state index in [0.717, 1.165) is 47.9 Å². The van der Waals surface area contributed by atoms with Crippen molar-refractivity contribution in [3.63, 3.8) is 0 Å². The van der Waals surface area contributed by atoms with Crippen LogP contribution in [0.5, 0.6) is 0 Å². The van der Waals surface area contributed by atoms with Gasteiger partial charge in [-0.2, -0.15) is 13.2 Å². The first kappa shape index (κ1) is 15.3. The molecular formula is C13H12ClF3N2S. The standard InChI is InChI=1S/C13H11F3N2S.ClH/c14-13(15,16)9-3-1-8(2-4-9)12-18-10-7-17-6-5-11(10)19-12;/h1-4,17H,5-7H2;1H. The van der Waals surface area contributed by atoms with E-state index in [1.165, 1.54) is 17.0 Å². The quantitative estimate of drug-likeness (QED) is 0.862. The second-order valence-corrected chi connectivity index (χ2v) is 5.47. The van der Waals surface area contributed by atoms with Gasteiger partial charge in [0.05, 0.1) is 11.3 Å². The lowest BCUT2D eigenvalue weighted by atomic mass is 10.1. The summed E-state index contributed by atoms with van der Waals surface area (Å²) in [6.45, 7) is 1.67. The lowest BCUT2D eigenvalue weighted by Gasteiger charge is -2.09. The normalized spacial score (nSPS) is 14.6. The summed E-state index contributed by atoms with van der Waals surface area (Å²) in [6.07, 6.45) is -3.35. The van der Waals surface area contributed by atoms with Gasteiger partial charge in [-0.1, -0.05) is 12.1 Å².